The lowest BCUT2D eigenvalue weighted by atomic mass is 10.2. The molecule has 0 amide bonds. The van der Waals surface area contributed by atoms with Gasteiger partial charge in [-0.05, 0) is 45.4 Å². The standard InChI is InChI=1S/C13H17Cl2NO2/c1-8-5-10(15)11(6-9(8)14)16-7-12(17)18-13(2,3)4/h5-6,16H,7H2,1-4H3. The molecular weight excluding hydrogens is 273 g/mol. The molecule has 5 heteroatoms. The molecule has 3 nitrogen and oxygen atoms in total. The van der Waals surface area contributed by atoms with Crippen LogP contribution in [0.25, 0.3) is 0 Å². The molecule has 1 rings (SSSR count). The first-order valence-electron chi connectivity index (χ1n) is 5.60. The van der Waals surface area contributed by atoms with Crippen molar-refractivity contribution in [1.29, 1.82) is 0 Å². The predicted octanol–water partition coefficient (Wildman–Crippen LogP) is 4.06. The van der Waals surface area contributed by atoms with Gasteiger partial charge in [-0.3, -0.25) is 4.79 Å². The summed E-state index contributed by atoms with van der Waals surface area (Å²) in [6, 6.07) is 3.45. The molecule has 0 aliphatic heterocycles. The fourth-order valence-electron chi connectivity index (χ4n) is 1.33. The minimum absolute atomic E-state index is 0.0520. The van der Waals surface area contributed by atoms with Crippen LogP contribution in [0.3, 0.4) is 0 Å². The highest BCUT2D eigenvalue weighted by molar-refractivity contribution is 6.35. The third-order valence-corrected chi connectivity index (χ3v) is 2.81. The van der Waals surface area contributed by atoms with Gasteiger partial charge < -0.3 is 10.1 Å². The minimum atomic E-state index is -0.493. The van der Waals surface area contributed by atoms with Crippen molar-refractivity contribution in [2.75, 3.05) is 11.9 Å². The van der Waals surface area contributed by atoms with Gasteiger partial charge in [0, 0.05) is 5.02 Å². The summed E-state index contributed by atoms with van der Waals surface area (Å²) >= 11 is 12.0. The van der Waals surface area contributed by atoms with E-state index in [0.717, 1.165) is 5.56 Å². The van der Waals surface area contributed by atoms with E-state index in [-0.39, 0.29) is 12.5 Å². The first-order valence-corrected chi connectivity index (χ1v) is 6.36. The number of halogens is 2. The van der Waals surface area contributed by atoms with Gasteiger partial charge in [-0.1, -0.05) is 23.2 Å². The average Bonchev–Trinajstić information content (AvgIpc) is 2.19. The van der Waals surface area contributed by atoms with E-state index >= 15 is 0 Å². The molecule has 100 valence electrons. The van der Waals surface area contributed by atoms with Crippen LogP contribution in [0.2, 0.25) is 10.0 Å². The van der Waals surface area contributed by atoms with Crippen molar-refractivity contribution < 1.29 is 9.53 Å². The Labute approximate surface area is 117 Å². The summed E-state index contributed by atoms with van der Waals surface area (Å²) in [5, 5.41) is 4.04. The van der Waals surface area contributed by atoms with Gasteiger partial charge in [-0.2, -0.15) is 0 Å². The van der Waals surface area contributed by atoms with Gasteiger partial charge in [-0.15, -0.1) is 0 Å². The molecule has 0 bridgehead atoms. The van der Waals surface area contributed by atoms with Gasteiger partial charge in [0.25, 0.3) is 0 Å². The normalized spacial score (nSPS) is 11.2. The van der Waals surface area contributed by atoms with Crippen molar-refractivity contribution in [3.05, 3.63) is 27.7 Å². The van der Waals surface area contributed by atoms with Gasteiger partial charge in [-0.25, -0.2) is 0 Å². The number of hydrogen-bond donors (Lipinski definition) is 1. The van der Waals surface area contributed by atoms with Gasteiger partial charge in [0.05, 0.1) is 10.7 Å². The summed E-state index contributed by atoms with van der Waals surface area (Å²) in [4.78, 5) is 11.5. The Balaban J connectivity index is 2.64. The fraction of sp³-hybridized carbons (Fsp3) is 0.462. The summed E-state index contributed by atoms with van der Waals surface area (Å²) < 4.78 is 5.18. The SMILES string of the molecule is Cc1cc(Cl)c(NCC(=O)OC(C)(C)C)cc1Cl. The zero-order chi connectivity index (χ0) is 13.9. The number of aryl methyl sites for hydroxylation is 1. The number of nitrogens with one attached hydrogen (secondary N) is 1. The highest BCUT2D eigenvalue weighted by atomic mass is 35.5. The van der Waals surface area contributed by atoms with Crippen LogP contribution in [-0.2, 0) is 9.53 Å². The molecule has 0 aliphatic rings. The summed E-state index contributed by atoms with van der Waals surface area (Å²) in [5.74, 6) is -0.338. The van der Waals surface area contributed by atoms with Gasteiger partial charge in [0.15, 0.2) is 0 Å². The Bertz CT molecular complexity index is 453. The van der Waals surface area contributed by atoms with Crippen LogP contribution in [0.4, 0.5) is 5.69 Å². The number of rotatable bonds is 3. The first kappa shape index (κ1) is 15.1. The van der Waals surface area contributed by atoms with E-state index in [9.17, 15) is 4.79 Å². The lowest BCUT2D eigenvalue weighted by Crippen LogP contribution is -2.28. The van der Waals surface area contributed by atoms with Crippen molar-refractivity contribution >= 4 is 34.9 Å². The van der Waals surface area contributed by atoms with Crippen LogP contribution >= 0.6 is 23.2 Å². The van der Waals surface area contributed by atoms with E-state index in [4.69, 9.17) is 27.9 Å². The lowest BCUT2D eigenvalue weighted by Gasteiger charge is -2.20. The van der Waals surface area contributed by atoms with E-state index in [1.54, 1.807) is 12.1 Å². The second-order valence-electron chi connectivity index (χ2n) is 5.02. The summed E-state index contributed by atoms with van der Waals surface area (Å²) in [6.45, 7) is 7.38. The van der Waals surface area contributed by atoms with Crippen LogP contribution in [0, 0.1) is 6.92 Å². The van der Waals surface area contributed by atoms with Crippen molar-refractivity contribution in [3.63, 3.8) is 0 Å². The highest BCUT2D eigenvalue weighted by Crippen LogP contribution is 2.28. The topological polar surface area (TPSA) is 38.3 Å². The maximum Gasteiger partial charge on any atom is 0.325 e. The van der Waals surface area contributed by atoms with Crippen LogP contribution in [0.15, 0.2) is 12.1 Å². The average molecular weight is 290 g/mol. The summed E-state index contributed by atoms with van der Waals surface area (Å²) in [5.41, 5.74) is 1.02. The van der Waals surface area contributed by atoms with E-state index in [0.29, 0.717) is 15.7 Å². The molecule has 0 saturated heterocycles. The van der Waals surface area contributed by atoms with E-state index in [1.165, 1.54) is 0 Å². The molecule has 0 spiro atoms. The largest absolute Gasteiger partial charge is 0.459 e. The van der Waals surface area contributed by atoms with Crippen LogP contribution < -0.4 is 5.32 Å². The van der Waals surface area contributed by atoms with E-state index < -0.39 is 5.60 Å². The first-order chi connectivity index (χ1) is 8.19. The molecule has 0 fully saturated rings. The number of benzene rings is 1. The minimum Gasteiger partial charge on any atom is -0.459 e. The Morgan fingerprint density at radius 3 is 2.44 bits per heavy atom. The molecule has 0 radical (unpaired) electrons. The molecule has 18 heavy (non-hydrogen) atoms. The number of carbonyl (C=O) groups is 1. The second kappa shape index (κ2) is 5.81. The molecular formula is C13H17Cl2NO2. The Kier molecular flexibility index (Phi) is 4.88. The summed E-state index contributed by atoms with van der Waals surface area (Å²) in [7, 11) is 0. The molecule has 0 unspecified atom stereocenters. The molecule has 0 saturated carbocycles. The third kappa shape index (κ3) is 4.75. The molecule has 1 N–H and O–H groups in total. The number of hydrogen-bond acceptors (Lipinski definition) is 3. The van der Waals surface area contributed by atoms with Crippen LogP contribution in [0.1, 0.15) is 26.3 Å². The fourth-order valence-corrected chi connectivity index (χ4v) is 1.78. The van der Waals surface area contributed by atoms with Gasteiger partial charge >= 0.3 is 5.97 Å². The summed E-state index contributed by atoms with van der Waals surface area (Å²) in [6.07, 6.45) is 0. The molecule has 0 aliphatic carbocycles. The number of ether oxygens (including phenoxy) is 1. The maximum atomic E-state index is 11.5. The van der Waals surface area contributed by atoms with Crippen molar-refractivity contribution in [2.24, 2.45) is 0 Å². The molecule has 1 aromatic carbocycles. The molecule has 0 heterocycles. The number of carbonyl (C=O) groups excluding carboxylic acids is 1. The van der Waals surface area contributed by atoms with Crippen molar-refractivity contribution in [1.82, 2.24) is 0 Å². The Morgan fingerprint density at radius 2 is 1.89 bits per heavy atom. The smallest absolute Gasteiger partial charge is 0.325 e. The zero-order valence-corrected chi connectivity index (χ0v) is 12.4. The van der Waals surface area contributed by atoms with Gasteiger partial charge in [0.2, 0.25) is 0 Å². The van der Waals surface area contributed by atoms with Crippen LogP contribution in [-0.4, -0.2) is 18.1 Å². The molecule has 0 atom stereocenters. The van der Waals surface area contributed by atoms with E-state index in [1.807, 2.05) is 27.7 Å². The predicted molar refractivity (Wildman–Crippen MR) is 75.5 cm³/mol. The van der Waals surface area contributed by atoms with E-state index in [2.05, 4.69) is 5.32 Å². The van der Waals surface area contributed by atoms with Crippen molar-refractivity contribution in [3.8, 4) is 0 Å². The highest BCUT2D eigenvalue weighted by Gasteiger charge is 2.16. The second-order valence-corrected chi connectivity index (χ2v) is 5.84. The number of anilines is 1. The quantitative estimate of drug-likeness (QED) is 0.853. The maximum absolute atomic E-state index is 11.5. The Morgan fingerprint density at radius 1 is 1.28 bits per heavy atom. The lowest BCUT2D eigenvalue weighted by molar-refractivity contribution is -0.152. The monoisotopic (exact) mass is 289 g/mol. The number of esters is 1. The van der Waals surface area contributed by atoms with Crippen LogP contribution in [0.5, 0.6) is 0 Å². The van der Waals surface area contributed by atoms with Crippen molar-refractivity contribution in [2.45, 2.75) is 33.3 Å². The van der Waals surface area contributed by atoms with Gasteiger partial charge in [0.1, 0.15) is 12.1 Å². The third-order valence-electron chi connectivity index (χ3n) is 2.09. The Hall–Kier alpha value is -0.930. The molecule has 0 aromatic heterocycles. The molecule has 1 aromatic rings. The zero-order valence-electron chi connectivity index (χ0n) is 10.9.